The lowest BCUT2D eigenvalue weighted by Gasteiger charge is -2.45. The number of carbonyl (C=O) groups excluding carboxylic acids is 1. The highest BCUT2D eigenvalue weighted by atomic mass is 19.1. The molecule has 2 saturated carbocycles. The van der Waals surface area contributed by atoms with Crippen LogP contribution in [0.15, 0.2) is 48.5 Å². The van der Waals surface area contributed by atoms with Gasteiger partial charge in [0.25, 0.3) is 0 Å². The van der Waals surface area contributed by atoms with Crippen LogP contribution in [-0.2, 0) is 5.60 Å². The Morgan fingerprint density at radius 3 is 2.69 bits per heavy atom. The van der Waals surface area contributed by atoms with Crippen molar-refractivity contribution in [3.05, 3.63) is 65.5 Å². The van der Waals surface area contributed by atoms with Gasteiger partial charge in [-0.05, 0) is 75.5 Å². The van der Waals surface area contributed by atoms with Crippen molar-refractivity contribution < 1.29 is 19.0 Å². The fourth-order valence-electron chi connectivity index (χ4n) is 5.29. The molecule has 2 aromatic carbocycles. The summed E-state index contributed by atoms with van der Waals surface area (Å²) in [6, 6.07) is 13.0. The molecule has 4 nitrogen and oxygen atoms in total. The first kappa shape index (κ1) is 20.0. The number of esters is 1. The van der Waals surface area contributed by atoms with Crippen LogP contribution in [0.3, 0.4) is 0 Å². The van der Waals surface area contributed by atoms with E-state index >= 15 is 0 Å². The van der Waals surface area contributed by atoms with Gasteiger partial charge in [0.1, 0.15) is 11.6 Å². The normalized spacial score (nSPS) is 28.5. The third-order valence-corrected chi connectivity index (χ3v) is 6.55. The molecule has 0 aromatic heterocycles. The van der Waals surface area contributed by atoms with Crippen LogP contribution in [-0.4, -0.2) is 36.6 Å². The average Bonchev–Trinajstić information content (AvgIpc) is 3.10. The summed E-state index contributed by atoms with van der Waals surface area (Å²) in [5.41, 5.74) is -0.578. The second kappa shape index (κ2) is 7.88. The standard InChI is InChI=1S/C24H28FNO3/c1-26(2)15-21-18-9-8-16(12-18)14-24(21,28)20-13-19(10-11-22(20)25)29-23(27)17-6-4-3-5-7-17/h3-7,10-11,13,16,18,21,28H,8-9,12,14-15H2,1-2H3/t16-,18+,21-,24-/m0/s1. The zero-order valence-corrected chi connectivity index (χ0v) is 17.0. The van der Waals surface area contributed by atoms with Crippen molar-refractivity contribution in [3.8, 4) is 5.75 Å². The number of ether oxygens (including phenoxy) is 1. The molecule has 2 aromatic rings. The fourth-order valence-corrected chi connectivity index (χ4v) is 5.29. The number of halogens is 1. The van der Waals surface area contributed by atoms with Crippen LogP contribution >= 0.6 is 0 Å². The zero-order chi connectivity index (χ0) is 20.6. The molecule has 5 heteroatoms. The van der Waals surface area contributed by atoms with Gasteiger partial charge in [0.15, 0.2) is 0 Å². The molecule has 2 fully saturated rings. The van der Waals surface area contributed by atoms with Gasteiger partial charge in [-0.2, -0.15) is 0 Å². The summed E-state index contributed by atoms with van der Waals surface area (Å²) >= 11 is 0. The van der Waals surface area contributed by atoms with Crippen molar-refractivity contribution in [2.75, 3.05) is 20.6 Å². The van der Waals surface area contributed by atoms with E-state index in [0.717, 1.165) is 19.3 Å². The smallest absolute Gasteiger partial charge is 0.343 e. The quantitative estimate of drug-likeness (QED) is 0.606. The third kappa shape index (κ3) is 3.94. The summed E-state index contributed by atoms with van der Waals surface area (Å²) in [6.07, 6.45) is 3.82. The summed E-state index contributed by atoms with van der Waals surface area (Å²) in [4.78, 5) is 14.5. The predicted octanol–water partition coefficient (Wildman–Crippen LogP) is 4.23. The summed E-state index contributed by atoms with van der Waals surface area (Å²) in [6.45, 7) is 0.696. The molecule has 2 aliphatic rings. The molecular formula is C24H28FNO3. The second-order valence-electron chi connectivity index (χ2n) is 8.83. The highest BCUT2D eigenvalue weighted by Gasteiger charge is 2.52. The summed E-state index contributed by atoms with van der Waals surface area (Å²) < 4.78 is 20.4. The lowest BCUT2D eigenvalue weighted by Crippen LogP contribution is -2.48. The maximum atomic E-state index is 14.9. The van der Waals surface area contributed by atoms with Crippen LogP contribution in [0.4, 0.5) is 4.39 Å². The van der Waals surface area contributed by atoms with Crippen molar-refractivity contribution >= 4 is 5.97 Å². The van der Waals surface area contributed by atoms with Crippen LogP contribution in [0, 0.1) is 23.6 Å². The Balaban J connectivity index is 1.66. The molecule has 1 N–H and O–H groups in total. The number of benzene rings is 2. The molecule has 0 unspecified atom stereocenters. The van der Waals surface area contributed by atoms with Gasteiger partial charge in [-0.25, -0.2) is 9.18 Å². The Hall–Kier alpha value is -2.24. The highest BCUT2D eigenvalue weighted by Crippen LogP contribution is 2.54. The zero-order valence-electron chi connectivity index (χ0n) is 17.0. The van der Waals surface area contributed by atoms with Crippen molar-refractivity contribution in [3.63, 3.8) is 0 Å². The number of fused-ring (bicyclic) bond motifs is 2. The Morgan fingerprint density at radius 2 is 1.97 bits per heavy atom. The summed E-state index contributed by atoms with van der Waals surface area (Å²) in [5, 5.41) is 11.8. The Bertz CT molecular complexity index is 885. The molecule has 2 bridgehead atoms. The Morgan fingerprint density at radius 1 is 1.21 bits per heavy atom. The number of carbonyl (C=O) groups is 1. The van der Waals surface area contributed by atoms with E-state index in [-0.39, 0.29) is 17.2 Å². The van der Waals surface area contributed by atoms with Gasteiger partial charge in [-0.3, -0.25) is 0 Å². The Labute approximate surface area is 171 Å². The number of hydrogen-bond acceptors (Lipinski definition) is 4. The average molecular weight is 397 g/mol. The molecule has 0 amide bonds. The number of aliphatic hydroxyl groups is 1. The van der Waals surface area contributed by atoms with E-state index in [1.54, 1.807) is 24.3 Å². The van der Waals surface area contributed by atoms with Gasteiger partial charge in [-0.1, -0.05) is 24.6 Å². The minimum atomic E-state index is -1.26. The third-order valence-electron chi connectivity index (χ3n) is 6.55. The van der Waals surface area contributed by atoms with Crippen LogP contribution in [0.1, 0.15) is 41.6 Å². The molecule has 0 spiro atoms. The van der Waals surface area contributed by atoms with Gasteiger partial charge < -0.3 is 14.7 Å². The van der Waals surface area contributed by atoms with Gasteiger partial charge in [0.2, 0.25) is 0 Å². The van der Waals surface area contributed by atoms with Crippen LogP contribution < -0.4 is 4.74 Å². The minimum absolute atomic E-state index is 0.0502. The topological polar surface area (TPSA) is 49.8 Å². The van der Waals surface area contributed by atoms with E-state index < -0.39 is 17.4 Å². The minimum Gasteiger partial charge on any atom is -0.423 e. The van der Waals surface area contributed by atoms with Crippen LogP contribution in [0.2, 0.25) is 0 Å². The lowest BCUT2D eigenvalue weighted by molar-refractivity contribution is -0.0913. The second-order valence-corrected chi connectivity index (χ2v) is 8.83. The number of rotatable bonds is 5. The summed E-state index contributed by atoms with van der Waals surface area (Å²) in [5.74, 6) is 0.0613. The van der Waals surface area contributed by atoms with E-state index in [2.05, 4.69) is 4.90 Å². The summed E-state index contributed by atoms with van der Waals surface area (Å²) in [7, 11) is 3.96. The molecule has 0 heterocycles. The van der Waals surface area contributed by atoms with Crippen molar-refractivity contribution in [2.24, 2.45) is 17.8 Å². The van der Waals surface area contributed by atoms with Crippen molar-refractivity contribution in [1.82, 2.24) is 4.90 Å². The number of nitrogens with zero attached hydrogens (tertiary/aromatic N) is 1. The number of hydrogen-bond donors (Lipinski definition) is 1. The lowest BCUT2D eigenvalue weighted by atomic mass is 9.65. The molecule has 0 saturated heterocycles. The maximum absolute atomic E-state index is 14.9. The van der Waals surface area contributed by atoms with Gasteiger partial charge in [0.05, 0.1) is 11.2 Å². The Kier molecular flexibility index (Phi) is 5.45. The van der Waals surface area contributed by atoms with Gasteiger partial charge in [-0.15, -0.1) is 0 Å². The highest BCUT2D eigenvalue weighted by molar-refractivity contribution is 5.90. The van der Waals surface area contributed by atoms with E-state index in [1.807, 2.05) is 20.2 Å². The van der Waals surface area contributed by atoms with Crippen LogP contribution in [0.25, 0.3) is 0 Å². The molecular weight excluding hydrogens is 369 g/mol. The first-order chi connectivity index (χ1) is 13.9. The molecule has 2 aliphatic carbocycles. The predicted molar refractivity (Wildman–Crippen MR) is 109 cm³/mol. The monoisotopic (exact) mass is 397 g/mol. The van der Waals surface area contributed by atoms with E-state index in [1.165, 1.54) is 18.2 Å². The molecule has 4 atom stereocenters. The fraction of sp³-hybridized carbons (Fsp3) is 0.458. The van der Waals surface area contributed by atoms with Crippen molar-refractivity contribution in [2.45, 2.75) is 31.3 Å². The molecule has 0 aliphatic heterocycles. The van der Waals surface area contributed by atoms with E-state index in [0.29, 0.717) is 30.4 Å². The first-order valence-corrected chi connectivity index (χ1v) is 10.3. The van der Waals surface area contributed by atoms with Crippen LogP contribution in [0.5, 0.6) is 5.75 Å². The van der Waals surface area contributed by atoms with Gasteiger partial charge in [0, 0.05) is 18.0 Å². The molecule has 4 rings (SSSR count). The first-order valence-electron chi connectivity index (χ1n) is 10.3. The maximum Gasteiger partial charge on any atom is 0.343 e. The molecule has 154 valence electrons. The van der Waals surface area contributed by atoms with Gasteiger partial charge >= 0.3 is 5.97 Å². The van der Waals surface area contributed by atoms with Crippen molar-refractivity contribution in [1.29, 1.82) is 0 Å². The largest absolute Gasteiger partial charge is 0.423 e. The molecule has 29 heavy (non-hydrogen) atoms. The molecule has 0 radical (unpaired) electrons. The SMILES string of the molecule is CN(C)C[C@H]1[C@@H]2CC[C@@H](C2)C[C@]1(O)c1cc(OC(=O)c2ccccc2)ccc1F. The van der Waals surface area contributed by atoms with E-state index in [9.17, 15) is 14.3 Å². The van der Waals surface area contributed by atoms with E-state index in [4.69, 9.17) is 4.74 Å².